The van der Waals surface area contributed by atoms with Crippen molar-refractivity contribution in [1.29, 1.82) is 0 Å². The zero-order valence-corrected chi connectivity index (χ0v) is 11.6. The summed E-state index contributed by atoms with van der Waals surface area (Å²) in [4.78, 5) is 24.2. The number of carboxylic acid groups (broad SMARTS) is 1. The Morgan fingerprint density at radius 1 is 1.19 bits per heavy atom. The van der Waals surface area contributed by atoms with Gasteiger partial charge in [-0.25, -0.2) is 4.79 Å². The molecule has 0 spiro atoms. The van der Waals surface area contributed by atoms with Crippen molar-refractivity contribution in [2.45, 2.75) is 6.54 Å². The third kappa shape index (κ3) is 2.19. The molecule has 0 saturated heterocycles. The molecule has 0 radical (unpaired) electrons. The fraction of sp³-hybridized carbons (Fsp3) is 0.0667. The Morgan fingerprint density at radius 2 is 1.90 bits per heavy atom. The molecule has 1 aromatic carbocycles. The predicted molar refractivity (Wildman–Crippen MR) is 80.3 cm³/mol. The summed E-state index contributed by atoms with van der Waals surface area (Å²) >= 11 is 1.29. The lowest BCUT2D eigenvalue weighted by Crippen LogP contribution is -2.26. The highest BCUT2D eigenvalue weighted by Gasteiger charge is 2.22. The highest BCUT2D eigenvalue weighted by molar-refractivity contribution is 7.16. The average Bonchev–Trinajstić information content (AvgIpc) is 2.94. The molecule has 5 nitrogen and oxygen atoms in total. The van der Waals surface area contributed by atoms with Crippen molar-refractivity contribution < 1.29 is 15.0 Å². The topological polar surface area (TPSA) is 79.5 Å². The van der Waals surface area contributed by atoms with Gasteiger partial charge in [-0.15, -0.1) is 11.3 Å². The molecule has 2 heterocycles. The van der Waals surface area contributed by atoms with Gasteiger partial charge in [0.15, 0.2) is 5.56 Å². The molecule has 2 N–H and O–H groups in total. The van der Waals surface area contributed by atoms with Crippen LogP contribution in [0, 0.1) is 0 Å². The maximum absolute atomic E-state index is 12.4. The van der Waals surface area contributed by atoms with Crippen molar-refractivity contribution in [3.8, 4) is 5.75 Å². The van der Waals surface area contributed by atoms with Gasteiger partial charge in [-0.3, -0.25) is 9.36 Å². The fourth-order valence-corrected chi connectivity index (χ4v) is 3.16. The Morgan fingerprint density at radius 3 is 2.57 bits per heavy atom. The van der Waals surface area contributed by atoms with E-state index in [0.717, 1.165) is 5.56 Å². The smallest absolute Gasteiger partial charge is 0.345 e. The van der Waals surface area contributed by atoms with Gasteiger partial charge < -0.3 is 10.2 Å². The van der Waals surface area contributed by atoms with Crippen molar-refractivity contribution in [1.82, 2.24) is 4.57 Å². The molecule has 0 aliphatic carbocycles. The highest BCUT2D eigenvalue weighted by Crippen LogP contribution is 2.30. The van der Waals surface area contributed by atoms with E-state index < -0.39 is 22.8 Å². The summed E-state index contributed by atoms with van der Waals surface area (Å²) in [6.45, 7) is 0.261. The number of aromatic nitrogens is 1. The minimum Gasteiger partial charge on any atom is -0.506 e. The number of fused-ring (bicyclic) bond motifs is 1. The normalized spacial score (nSPS) is 10.9. The molecule has 2 aromatic heterocycles. The van der Waals surface area contributed by atoms with E-state index in [1.165, 1.54) is 15.9 Å². The van der Waals surface area contributed by atoms with E-state index in [-0.39, 0.29) is 6.54 Å². The summed E-state index contributed by atoms with van der Waals surface area (Å²) < 4.78 is 1.39. The Bertz CT molecular complexity index is 880. The maximum atomic E-state index is 12.4. The van der Waals surface area contributed by atoms with Crippen LogP contribution in [-0.2, 0) is 6.54 Å². The van der Waals surface area contributed by atoms with Gasteiger partial charge in [0.1, 0.15) is 10.6 Å². The van der Waals surface area contributed by atoms with E-state index in [2.05, 4.69) is 0 Å². The zero-order chi connectivity index (χ0) is 15.0. The van der Waals surface area contributed by atoms with Crippen LogP contribution in [0.4, 0.5) is 0 Å². The number of nitrogens with zero attached hydrogens (tertiary/aromatic N) is 1. The minimum atomic E-state index is -1.42. The zero-order valence-electron chi connectivity index (χ0n) is 10.8. The van der Waals surface area contributed by atoms with Crippen molar-refractivity contribution >= 4 is 27.5 Å². The molecule has 3 rings (SSSR count). The number of aromatic carboxylic acids is 1. The number of carbonyl (C=O) groups is 1. The van der Waals surface area contributed by atoms with Crippen molar-refractivity contribution in [3.05, 3.63) is 63.3 Å². The van der Waals surface area contributed by atoms with Gasteiger partial charge in [-0.1, -0.05) is 30.3 Å². The van der Waals surface area contributed by atoms with Gasteiger partial charge in [0, 0.05) is 0 Å². The summed E-state index contributed by atoms with van der Waals surface area (Å²) in [5, 5.41) is 21.3. The van der Waals surface area contributed by atoms with E-state index in [1.807, 2.05) is 30.3 Å². The van der Waals surface area contributed by atoms with E-state index in [9.17, 15) is 14.7 Å². The largest absolute Gasteiger partial charge is 0.506 e. The lowest BCUT2D eigenvalue weighted by Gasteiger charge is -2.10. The number of pyridine rings is 1. The maximum Gasteiger partial charge on any atom is 0.345 e. The molecule has 6 heteroatoms. The number of hydrogen-bond donors (Lipinski definition) is 2. The van der Waals surface area contributed by atoms with Gasteiger partial charge >= 0.3 is 5.97 Å². The summed E-state index contributed by atoms with van der Waals surface area (Å²) in [5.41, 5.74) is -0.396. The van der Waals surface area contributed by atoms with Crippen LogP contribution in [0.5, 0.6) is 5.75 Å². The molecular formula is C15H11NO4S. The number of hydrogen-bond acceptors (Lipinski definition) is 4. The third-order valence-corrected chi connectivity index (χ3v) is 4.17. The van der Waals surface area contributed by atoms with Crippen molar-refractivity contribution in [3.63, 3.8) is 0 Å². The molecule has 0 aliphatic heterocycles. The number of aromatic hydroxyl groups is 1. The molecule has 0 fully saturated rings. The van der Waals surface area contributed by atoms with Crippen molar-refractivity contribution in [2.75, 3.05) is 0 Å². The molecule has 0 aliphatic rings. The van der Waals surface area contributed by atoms with Crippen LogP contribution in [0.2, 0.25) is 0 Å². The number of rotatable bonds is 3. The Kier molecular flexibility index (Phi) is 3.23. The van der Waals surface area contributed by atoms with Gasteiger partial charge in [0.05, 0.1) is 11.9 Å². The third-order valence-electron chi connectivity index (χ3n) is 3.24. The SMILES string of the molecule is O=C(O)c1c(O)c2ccsc2n(Cc2ccccc2)c1=O. The van der Waals surface area contributed by atoms with Gasteiger partial charge in [-0.05, 0) is 17.0 Å². The molecule has 106 valence electrons. The van der Waals surface area contributed by atoms with Crippen LogP contribution in [0.15, 0.2) is 46.6 Å². The lowest BCUT2D eigenvalue weighted by atomic mass is 10.1. The standard InChI is InChI=1S/C15H11NO4S/c17-12-10-6-7-21-14(10)16(13(18)11(12)15(19)20)8-9-4-2-1-3-5-9/h1-7,17H,8H2,(H,19,20). The van der Waals surface area contributed by atoms with Gasteiger partial charge in [0.2, 0.25) is 0 Å². The van der Waals surface area contributed by atoms with Crippen LogP contribution in [0.25, 0.3) is 10.2 Å². The summed E-state index contributed by atoms with van der Waals surface area (Å²) in [5.74, 6) is -1.89. The van der Waals surface area contributed by atoms with E-state index in [1.54, 1.807) is 11.4 Å². The number of thiophene rings is 1. The van der Waals surface area contributed by atoms with E-state index in [4.69, 9.17) is 5.11 Å². The Hall–Kier alpha value is -2.60. The van der Waals surface area contributed by atoms with Crippen LogP contribution < -0.4 is 5.56 Å². The molecule has 0 saturated carbocycles. The quantitative estimate of drug-likeness (QED) is 0.779. The van der Waals surface area contributed by atoms with E-state index >= 15 is 0 Å². The molecule has 21 heavy (non-hydrogen) atoms. The monoisotopic (exact) mass is 301 g/mol. The summed E-state index contributed by atoms with van der Waals surface area (Å²) in [6, 6.07) is 10.9. The first-order valence-corrected chi connectivity index (χ1v) is 7.07. The second kappa shape index (κ2) is 5.06. The van der Waals surface area contributed by atoms with E-state index in [0.29, 0.717) is 10.2 Å². The number of benzene rings is 1. The average molecular weight is 301 g/mol. The van der Waals surface area contributed by atoms with Gasteiger partial charge in [-0.2, -0.15) is 0 Å². The number of carboxylic acids is 1. The first-order chi connectivity index (χ1) is 10.1. The molecule has 0 atom stereocenters. The Balaban J connectivity index is 2.29. The fourth-order valence-electron chi connectivity index (χ4n) is 2.26. The van der Waals surface area contributed by atoms with Crippen LogP contribution in [0.1, 0.15) is 15.9 Å². The molecule has 0 bridgehead atoms. The predicted octanol–water partition coefficient (Wildman–Crippen LogP) is 2.52. The Labute approximate surface area is 123 Å². The summed E-state index contributed by atoms with van der Waals surface area (Å²) in [6.07, 6.45) is 0. The molecule has 3 aromatic rings. The van der Waals surface area contributed by atoms with Crippen LogP contribution in [0.3, 0.4) is 0 Å². The minimum absolute atomic E-state index is 0.261. The first kappa shape index (κ1) is 13.4. The van der Waals surface area contributed by atoms with Gasteiger partial charge in [0.25, 0.3) is 5.56 Å². The second-order valence-electron chi connectivity index (χ2n) is 4.55. The van der Waals surface area contributed by atoms with Crippen LogP contribution >= 0.6 is 11.3 Å². The molecule has 0 amide bonds. The second-order valence-corrected chi connectivity index (χ2v) is 5.44. The van der Waals surface area contributed by atoms with Crippen molar-refractivity contribution in [2.24, 2.45) is 0 Å². The summed E-state index contributed by atoms with van der Waals surface area (Å²) in [7, 11) is 0. The molecule has 0 unspecified atom stereocenters. The lowest BCUT2D eigenvalue weighted by molar-refractivity contribution is 0.0691. The molecular weight excluding hydrogens is 290 g/mol. The first-order valence-electron chi connectivity index (χ1n) is 6.19. The van der Waals surface area contributed by atoms with Crippen LogP contribution in [-0.4, -0.2) is 20.7 Å². The highest BCUT2D eigenvalue weighted by atomic mass is 32.1.